The van der Waals surface area contributed by atoms with Gasteiger partial charge < -0.3 is 5.73 Å². The van der Waals surface area contributed by atoms with E-state index in [1.165, 1.54) is 51.4 Å². The van der Waals surface area contributed by atoms with Gasteiger partial charge in [-0.1, -0.05) is 64.7 Å². The molecule has 1 aromatic rings. The molecule has 0 saturated carbocycles. The summed E-state index contributed by atoms with van der Waals surface area (Å²) in [6, 6.07) is 0. The second kappa shape index (κ2) is 10.4. The van der Waals surface area contributed by atoms with Crippen molar-refractivity contribution in [3.63, 3.8) is 0 Å². The number of nitrogen functional groups attached to an aromatic ring is 1. The van der Waals surface area contributed by atoms with Crippen molar-refractivity contribution in [3.05, 3.63) is 11.8 Å². The Labute approximate surface area is 129 Å². The summed E-state index contributed by atoms with van der Waals surface area (Å²) in [5.74, 6) is 0.604. The zero-order valence-electron chi connectivity index (χ0n) is 13.7. The molecular formula is C17H31N3O. The van der Waals surface area contributed by atoms with Gasteiger partial charge >= 0.3 is 0 Å². The molecule has 0 aliphatic rings. The molecule has 120 valence electrons. The first-order chi connectivity index (χ1) is 10.2. The van der Waals surface area contributed by atoms with E-state index in [4.69, 9.17) is 5.73 Å². The Morgan fingerprint density at radius 2 is 1.57 bits per heavy atom. The first kappa shape index (κ1) is 17.7. The molecule has 0 radical (unpaired) electrons. The van der Waals surface area contributed by atoms with Gasteiger partial charge in [-0.2, -0.15) is 5.10 Å². The molecule has 0 unspecified atom stereocenters. The molecule has 0 atom stereocenters. The van der Waals surface area contributed by atoms with E-state index < -0.39 is 0 Å². The van der Waals surface area contributed by atoms with Crippen LogP contribution in [-0.4, -0.2) is 15.6 Å². The second-order valence-electron chi connectivity index (χ2n) is 5.92. The second-order valence-corrected chi connectivity index (χ2v) is 5.92. The monoisotopic (exact) mass is 293 g/mol. The average molecular weight is 293 g/mol. The van der Waals surface area contributed by atoms with Crippen molar-refractivity contribution in [2.45, 2.75) is 77.6 Å². The van der Waals surface area contributed by atoms with Crippen molar-refractivity contribution < 1.29 is 4.79 Å². The fraction of sp³-hybridized carbons (Fsp3) is 0.765. The number of rotatable bonds is 12. The third-order valence-electron chi connectivity index (χ3n) is 4.04. The summed E-state index contributed by atoms with van der Waals surface area (Å²) < 4.78 is 1.55. The molecule has 0 aromatic carbocycles. The standard InChI is InChI=1S/C17H31N3O/c1-3-4-5-6-7-8-9-10-11-12-13-16(21)15-14-19-20(2)17(15)18/h14H,3-13,18H2,1-2H3. The fourth-order valence-corrected chi connectivity index (χ4v) is 2.57. The Hall–Kier alpha value is -1.32. The van der Waals surface area contributed by atoms with Crippen LogP contribution in [-0.2, 0) is 7.05 Å². The average Bonchev–Trinajstić information content (AvgIpc) is 2.81. The lowest BCUT2D eigenvalue weighted by Gasteiger charge is -2.02. The lowest BCUT2D eigenvalue weighted by molar-refractivity contribution is 0.0980. The van der Waals surface area contributed by atoms with E-state index >= 15 is 0 Å². The van der Waals surface area contributed by atoms with Crippen LogP contribution in [0.5, 0.6) is 0 Å². The number of aromatic nitrogens is 2. The SMILES string of the molecule is CCCCCCCCCCCCC(=O)c1cnn(C)c1N. The third kappa shape index (κ3) is 6.78. The van der Waals surface area contributed by atoms with Crippen LogP contribution in [0.15, 0.2) is 6.20 Å². The molecule has 1 aromatic heterocycles. The summed E-state index contributed by atoms with van der Waals surface area (Å²) in [5.41, 5.74) is 6.38. The van der Waals surface area contributed by atoms with Crippen molar-refractivity contribution in [1.29, 1.82) is 0 Å². The highest BCUT2D eigenvalue weighted by Crippen LogP contribution is 2.15. The highest BCUT2D eigenvalue weighted by molar-refractivity contribution is 5.99. The van der Waals surface area contributed by atoms with Crippen LogP contribution in [0, 0.1) is 0 Å². The molecule has 2 N–H and O–H groups in total. The van der Waals surface area contributed by atoms with E-state index in [-0.39, 0.29) is 5.78 Å². The number of nitrogens with two attached hydrogens (primary N) is 1. The zero-order valence-corrected chi connectivity index (χ0v) is 13.7. The van der Waals surface area contributed by atoms with Gasteiger partial charge in [0.2, 0.25) is 0 Å². The van der Waals surface area contributed by atoms with Crippen LogP contribution in [0.2, 0.25) is 0 Å². The molecule has 0 saturated heterocycles. The van der Waals surface area contributed by atoms with Crippen LogP contribution in [0.4, 0.5) is 5.82 Å². The van der Waals surface area contributed by atoms with Crippen LogP contribution in [0.1, 0.15) is 87.9 Å². The molecule has 0 aliphatic carbocycles. The van der Waals surface area contributed by atoms with Gasteiger partial charge in [-0.25, -0.2) is 0 Å². The molecule has 0 aliphatic heterocycles. The first-order valence-electron chi connectivity index (χ1n) is 8.47. The summed E-state index contributed by atoms with van der Waals surface area (Å²) >= 11 is 0. The minimum absolute atomic E-state index is 0.125. The van der Waals surface area contributed by atoms with Crippen LogP contribution in [0.25, 0.3) is 0 Å². The highest BCUT2D eigenvalue weighted by atomic mass is 16.1. The molecule has 0 spiro atoms. The van der Waals surface area contributed by atoms with Gasteiger partial charge in [0.1, 0.15) is 5.82 Å². The number of carbonyl (C=O) groups is 1. The lowest BCUT2D eigenvalue weighted by atomic mass is 10.0. The number of ketones is 1. The predicted octanol–water partition coefficient (Wildman–Crippen LogP) is 4.50. The van der Waals surface area contributed by atoms with Gasteiger partial charge in [0.05, 0.1) is 11.8 Å². The number of hydrogen-bond acceptors (Lipinski definition) is 3. The Morgan fingerprint density at radius 1 is 1.05 bits per heavy atom. The van der Waals surface area contributed by atoms with E-state index in [0.29, 0.717) is 17.8 Å². The first-order valence-corrected chi connectivity index (χ1v) is 8.47. The van der Waals surface area contributed by atoms with Crippen LogP contribution >= 0.6 is 0 Å². The van der Waals surface area contributed by atoms with Crippen molar-refractivity contribution in [2.24, 2.45) is 7.05 Å². The summed E-state index contributed by atoms with van der Waals surface area (Å²) in [6.45, 7) is 2.25. The van der Waals surface area contributed by atoms with Gasteiger partial charge in [-0.05, 0) is 6.42 Å². The fourth-order valence-electron chi connectivity index (χ4n) is 2.57. The van der Waals surface area contributed by atoms with E-state index in [2.05, 4.69) is 12.0 Å². The van der Waals surface area contributed by atoms with E-state index in [0.717, 1.165) is 12.8 Å². The molecule has 21 heavy (non-hydrogen) atoms. The topological polar surface area (TPSA) is 60.9 Å². The summed E-state index contributed by atoms with van der Waals surface area (Å²) in [4.78, 5) is 12.0. The highest BCUT2D eigenvalue weighted by Gasteiger charge is 2.12. The van der Waals surface area contributed by atoms with E-state index in [9.17, 15) is 4.79 Å². The van der Waals surface area contributed by atoms with Crippen molar-refractivity contribution in [1.82, 2.24) is 9.78 Å². The number of Topliss-reactive ketones (excluding diaryl/α,β-unsaturated/α-hetero) is 1. The number of nitrogens with zero attached hydrogens (tertiary/aromatic N) is 2. The molecule has 4 heteroatoms. The molecule has 4 nitrogen and oxygen atoms in total. The van der Waals surface area contributed by atoms with Crippen LogP contribution < -0.4 is 5.73 Å². The molecule has 0 fully saturated rings. The van der Waals surface area contributed by atoms with Crippen molar-refractivity contribution in [3.8, 4) is 0 Å². The van der Waals surface area contributed by atoms with Crippen molar-refractivity contribution in [2.75, 3.05) is 5.73 Å². The summed E-state index contributed by atoms with van der Waals surface area (Å²) in [5, 5.41) is 4.01. The van der Waals surface area contributed by atoms with Gasteiger partial charge in [-0.3, -0.25) is 9.48 Å². The largest absolute Gasteiger partial charge is 0.383 e. The number of hydrogen-bond donors (Lipinski definition) is 1. The number of unbranched alkanes of at least 4 members (excludes halogenated alkanes) is 9. The number of carbonyl (C=O) groups excluding carboxylic acids is 1. The smallest absolute Gasteiger partial charge is 0.168 e. The van der Waals surface area contributed by atoms with Gasteiger partial charge in [0.25, 0.3) is 0 Å². The minimum atomic E-state index is 0.125. The maximum atomic E-state index is 12.0. The van der Waals surface area contributed by atoms with Crippen LogP contribution in [0.3, 0.4) is 0 Å². The molecule has 0 amide bonds. The Bertz CT molecular complexity index is 412. The summed E-state index contributed by atoms with van der Waals surface area (Å²) in [7, 11) is 1.76. The molecule has 1 rings (SSSR count). The van der Waals surface area contributed by atoms with Gasteiger partial charge in [0, 0.05) is 13.5 Å². The maximum absolute atomic E-state index is 12.0. The van der Waals surface area contributed by atoms with Crippen molar-refractivity contribution >= 4 is 11.6 Å². The Kier molecular flexibility index (Phi) is 8.79. The number of aryl methyl sites for hydroxylation is 1. The summed E-state index contributed by atoms with van der Waals surface area (Å²) in [6.07, 6.45) is 15.0. The lowest BCUT2D eigenvalue weighted by Crippen LogP contribution is -2.04. The van der Waals surface area contributed by atoms with E-state index in [1.54, 1.807) is 17.9 Å². The Balaban J connectivity index is 1.99. The van der Waals surface area contributed by atoms with E-state index in [1.807, 2.05) is 0 Å². The Morgan fingerprint density at radius 3 is 2.05 bits per heavy atom. The maximum Gasteiger partial charge on any atom is 0.168 e. The molecule has 0 bridgehead atoms. The van der Waals surface area contributed by atoms with Gasteiger partial charge in [0.15, 0.2) is 5.78 Å². The quantitative estimate of drug-likeness (QED) is 0.456. The van der Waals surface area contributed by atoms with Gasteiger partial charge in [-0.15, -0.1) is 0 Å². The number of anilines is 1. The zero-order chi connectivity index (χ0) is 15.5. The predicted molar refractivity (Wildman–Crippen MR) is 88.4 cm³/mol. The molecule has 1 heterocycles. The molecular weight excluding hydrogens is 262 g/mol. The third-order valence-corrected chi connectivity index (χ3v) is 4.04. The minimum Gasteiger partial charge on any atom is -0.383 e. The normalized spacial score (nSPS) is 11.0.